The first kappa shape index (κ1) is 16.6. The molecule has 1 aromatic carbocycles. The highest BCUT2D eigenvalue weighted by Crippen LogP contribution is 2.31. The van der Waals surface area contributed by atoms with E-state index >= 15 is 0 Å². The Balaban J connectivity index is 2.02. The molecular formula is C17H25NO4. The van der Waals surface area contributed by atoms with Crippen LogP contribution in [-0.2, 0) is 4.74 Å². The number of aliphatic hydroxyl groups is 1. The summed E-state index contributed by atoms with van der Waals surface area (Å²) in [5.41, 5.74) is 0.516. The van der Waals surface area contributed by atoms with E-state index in [-0.39, 0.29) is 18.6 Å². The van der Waals surface area contributed by atoms with Crippen molar-refractivity contribution in [3.63, 3.8) is 0 Å². The number of likely N-dealkylation sites (tertiary alicyclic amines) is 1. The van der Waals surface area contributed by atoms with Crippen LogP contribution in [0.15, 0.2) is 24.3 Å². The lowest BCUT2D eigenvalue weighted by Gasteiger charge is -2.37. The van der Waals surface area contributed by atoms with Crippen molar-refractivity contribution in [2.24, 2.45) is 0 Å². The molecular weight excluding hydrogens is 282 g/mol. The van der Waals surface area contributed by atoms with Crippen LogP contribution in [0.4, 0.5) is 4.79 Å². The molecule has 0 unspecified atom stereocenters. The fourth-order valence-electron chi connectivity index (χ4n) is 2.68. The summed E-state index contributed by atoms with van der Waals surface area (Å²) in [6.45, 7) is 6.38. The first-order valence-corrected chi connectivity index (χ1v) is 7.60. The van der Waals surface area contributed by atoms with E-state index in [1.54, 1.807) is 12.0 Å². The van der Waals surface area contributed by atoms with Gasteiger partial charge in [0.2, 0.25) is 0 Å². The minimum absolute atomic E-state index is 0.00814. The summed E-state index contributed by atoms with van der Waals surface area (Å²) >= 11 is 0. The minimum Gasteiger partial charge on any atom is -0.497 e. The third-order valence-corrected chi connectivity index (χ3v) is 3.76. The second-order valence-corrected chi connectivity index (χ2v) is 6.67. The Kier molecular flexibility index (Phi) is 4.96. The predicted octanol–water partition coefficient (Wildman–Crippen LogP) is 2.78. The van der Waals surface area contributed by atoms with Gasteiger partial charge in [0.05, 0.1) is 19.8 Å². The number of ether oxygens (including phenoxy) is 2. The zero-order valence-corrected chi connectivity index (χ0v) is 13.7. The van der Waals surface area contributed by atoms with Crippen LogP contribution in [0, 0.1) is 0 Å². The third-order valence-electron chi connectivity index (χ3n) is 3.76. The molecule has 0 aromatic heterocycles. The van der Waals surface area contributed by atoms with Crippen LogP contribution in [0.5, 0.6) is 5.75 Å². The van der Waals surface area contributed by atoms with Crippen LogP contribution in [0.2, 0.25) is 0 Å². The van der Waals surface area contributed by atoms with Crippen molar-refractivity contribution in [3.05, 3.63) is 29.8 Å². The highest BCUT2D eigenvalue weighted by Gasteiger charge is 2.33. The maximum Gasteiger partial charge on any atom is 0.410 e. The molecule has 22 heavy (non-hydrogen) atoms. The number of methoxy groups -OCH3 is 1. The van der Waals surface area contributed by atoms with Gasteiger partial charge < -0.3 is 19.5 Å². The number of hydrogen-bond acceptors (Lipinski definition) is 4. The van der Waals surface area contributed by atoms with Crippen LogP contribution < -0.4 is 4.74 Å². The Morgan fingerprint density at radius 2 is 2.09 bits per heavy atom. The van der Waals surface area contributed by atoms with Crippen LogP contribution in [0.3, 0.4) is 0 Å². The van der Waals surface area contributed by atoms with Gasteiger partial charge in [0.1, 0.15) is 11.4 Å². The van der Waals surface area contributed by atoms with Crippen molar-refractivity contribution in [3.8, 4) is 5.75 Å². The van der Waals surface area contributed by atoms with Gasteiger partial charge in [-0.05, 0) is 44.9 Å². The van der Waals surface area contributed by atoms with E-state index in [2.05, 4.69) is 0 Å². The molecule has 0 bridgehead atoms. The highest BCUT2D eigenvalue weighted by molar-refractivity contribution is 5.68. The molecule has 5 nitrogen and oxygen atoms in total. The van der Waals surface area contributed by atoms with Gasteiger partial charge in [0.25, 0.3) is 0 Å². The first-order valence-electron chi connectivity index (χ1n) is 7.60. The molecule has 0 spiro atoms. The third kappa shape index (κ3) is 4.13. The van der Waals surface area contributed by atoms with Crippen LogP contribution >= 0.6 is 0 Å². The maximum atomic E-state index is 12.1. The van der Waals surface area contributed by atoms with Gasteiger partial charge in [-0.1, -0.05) is 12.1 Å². The molecule has 1 aromatic rings. The van der Waals surface area contributed by atoms with Crippen molar-refractivity contribution >= 4 is 6.09 Å². The molecule has 5 heteroatoms. The molecule has 1 saturated heterocycles. The quantitative estimate of drug-likeness (QED) is 0.913. The monoisotopic (exact) mass is 307 g/mol. The molecule has 122 valence electrons. The molecule has 2 rings (SSSR count). The van der Waals surface area contributed by atoms with Gasteiger partial charge in [0, 0.05) is 12.5 Å². The van der Waals surface area contributed by atoms with Crippen molar-refractivity contribution < 1.29 is 19.4 Å². The zero-order valence-electron chi connectivity index (χ0n) is 13.7. The number of benzene rings is 1. The Morgan fingerprint density at radius 3 is 2.68 bits per heavy atom. The molecule has 1 heterocycles. The second-order valence-electron chi connectivity index (χ2n) is 6.67. The molecule has 1 N–H and O–H groups in total. The lowest BCUT2D eigenvalue weighted by molar-refractivity contribution is -0.00153. The number of carbonyl (C=O) groups is 1. The minimum atomic E-state index is -0.603. The Labute approximate surface area is 131 Å². The molecule has 1 aliphatic heterocycles. The van der Waals surface area contributed by atoms with E-state index in [0.29, 0.717) is 13.0 Å². The van der Waals surface area contributed by atoms with Crippen molar-refractivity contribution in [2.75, 3.05) is 20.2 Å². The first-order chi connectivity index (χ1) is 10.3. The van der Waals surface area contributed by atoms with E-state index in [0.717, 1.165) is 11.3 Å². The number of nitrogens with zero attached hydrogens (tertiary/aromatic N) is 1. The normalized spacial score (nSPS) is 22.3. The average molecular weight is 307 g/mol. The number of piperidine rings is 1. The summed E-state index contributed by atoms with van der Waals surface area (Å²) in [7, 11) is 1.63. The summed E-state index contributed by atoms with van der Waals surface area (Å²) in [5, 5.41) is 10.4. The number of hydrogen-bond donors (Lipinski definition) is 1. The molecule has 0 saturated carbocycles. The smallest absolute Gasteiger partial charge is 0.410 e. The number of amides is 1. The number of β-amino-alcohol motifs (C(OH)–C–C–N with tert-alkyl or cyclic N) is 1. The van der Waals surface area contributed by atoms with E-state index in [1.165, 1.54) is 0 Å². The van der Waals surface area contributed by atoms with Crippen molar-refractivity contribution in [1.29, 1.82) is 0 Å². The fraction of sp³-hybridized carbons (Fsp3) is 0.588. The molecule has 0 aliphatic carbocycles. The molecule has 0 radical (unpaired) electrons. The SMILES string of the molecule is COc1cccc([C@@H]2CCN(C(=O)OC(C)(C)C)C[C@@H]2O)c1. The topological polar surface area (TPSA) is 59.0 Å². The maximum absolute atomic E-state index is 12.1. The largest absolute Gasteiger partial charge is 0.497 e. The van der Waals surface area contributed by atoms with Crippen molar-refractivity contribution in [2.45, 2.75) is 44.8 Å². The molecule has 2 atom stereocenters. The van der Waals surface area contributed by atoms with E-state index < -0.39 is 11.7 Å². The summed E-state index contributed by atoms with van der Waals surface area (Å²) in [6.07, 6.45) is -0.267. The van der Waals surface area contributed by atoms with E-state index in [1.807, 2.05) is 45.0 Å². The lowest BCUT2D eigenvalue weighted by atomic mass is 9.87. The second kappa shape index (κ2) is 6.57. The molecule has 1 amide bonds. The predicted molar refractivity (Wildman–Crippen MR) is 84.2 cm³/mol. The van der Waals surface area contributed by atoms with Crippen LogP contribution in [0.25, 0.3) is 0 Å². The van der Waals surface area contributed by atoms with Gasteiger partial charge in [-0.2, -0.15) is 0 Å². The summed E-state index contributed by atoms with van der Waals surface area (Å²) in [6, 6.07) is 7.73. The summed E-state index contributed by atoms with van der Waals surface area (Å²) in [5.74, 6) is 0.785. The average Bonchev–Trinajstić information content (AvgIpc) is 2.45. The number of carbonyl (C=O) groups excluding carboxylic acids is 1. The fourth-order valence-corrected chi connectivity index (χ4v) is 2.68. The van der Waals surface area contributed by atoms with E-state index in [4.69, 9.17) is 9.47 Å². The van der Waals surface area contributed by atoms with Gasteiger partial charge >= 0.3 is 6.09 Å². The van der Waals surface area contributed by atoms with Gasteiger partial charge in [-0.15, -0.1) is 0 Å². The van der Waals surface area contributed by atoms with Crippen LogP contribution in [-0.4, -0.2) is 48.0 Å². The van der Waals surface area contributed by atoms with Gasteiger partial charge in [-0.25, -0.2) is 4.79 Å². The van der Waals surface area contributed by atoms with Crippen molar-refractivity contribution in [1.82, 2.24) is 4.90 Å². The standard InChI is InChI=1S/C17H25NO4/c1-17(2,3)22-16(20)18-9-8-14(15(19)11-18)12-6-5-7-13(10-12)21-4/h5-7,10,14-15,19H,8-9,11H2,1-4H3/t14-,15-/m0/s1. The molecule has 1 aliphatic rings. The number of rotatable bonds is 2. The Morgan fingerprint density at radius 1 is 1.36 bits per heavy atom. The Hall–Kier alpha value is -1.75. The number of aliphatic hydroxyl groups excluding tert-OH is 1. The zero-order chi connectivity index (χ0) is 16.3. The highest BCUT2D eigenvalue weighted by atomic mass is 16.6. The lowest BCUT2D eigenvalue weighted by Crippen LogP contribution is -2.47. The van der Waals surface area contributed by atoms with Gasteiger partial charge in [0.15, 0.2) is 0 Å². The summed E-state index contributed by atoms with van der Waals surface area (Å²) < 4.78 is 10.6. The van der Waals surface area contributed by atoms with E-state index in [9.17, 15) is 9.90 Å². The molecule has 1 fully saturated rings. The van der Waals surface area contributed by atoms with Gasteiger partial charge in [-0.3, -0.25) is 0 Å². The van der Waals surface area contributed by atoms with Crippen LogP contribution in [0.1, 0.15) is 38.7 Å². The summed E-state index contributed by atoms with van der Waals surface area (Å²) in [4.78, 5) is 13.7. The Bertz CT molecular complexity index is 524.